The molecule has 0 unspecified atom stereocenters. The van der Waals surface area contributed by atoms with Crippen molar-refractivity contribution in [3.63, 3.8) is 0 Å². The first-order valence-electron chi connectivity index (χ1n) is 12.5. The van der Waals surface area contributed by atoms with Crippen molar-refractivity contribution >= 4 is 29.0 Å². The highest BCUT2D eigenvalue weighted by Gasteiger charge is 2.60. The summed E-state index contributed by atoms with van der Waals surface area (Å²) in [6.45, 7) is 7.65. The Morgan fingerprint density at radius 2 is 1.95 bits per heavy atom. The molecule has 5 atom stereocenters. The highest BCUT2D eigenvalue weighted by atomic mass is 35.5. The molecule has 0 bridgehead atoms. The lowest BCUT2D eigenvalue weighted by Gasteiger charge is -2.37. The third-order valence-corrected chi connectivity index (χ3v) is 7.94. The number of nitrogens with zero attached hydrogens (tertiary/aromatic N) is 1. The minimum absolute atomic E-state index is 0.0758. The van der Waals surface area contributed by atoms with Crippen molar-refractivity contribution in [1.29, 1.82) is 5.26 Å². The van der Waals surface area contributed by atoms with E-state index in [1.54, 1.807) is 24.3 Å². The molecule has 0 saturated carbocycles. The van der Waals surface area contributed by atoms with E-state index in [2.05, 4.69) is 32.2 Å². The number of carbonyl (C=O) groups excluding carboxylic acids is 1. The van der Waals surface area contributed by atoms with Gasteiger partial charge in [-0.1, -0.05) is 68.2 Å². The average Bonchev–Trinajstić information content (AvgIpc) is 3.15. The number of Topliss-reactive ketones (excluding diaryl/α,β-unsaturated/α-hetero) is 1. The molecule has 3 rings (SSSR count). The first-order chi connectivity index (χ1) is 17.4. The minimum atomic E-state index is -1.29. The zero-order valence-electron chi connectivity index (χ0n) is 21.7. The number of benzene rings is 2. The molecule has 3 N–H and O–H groups in total. The van der Waals surface area contributed by atoms with Gasteiger partial charge in [0.2, 0.25) is 0 Å². The van der Waals surface area contributed by atoms with Crippen LogP contribution in [0, 0.1) is 29.5 Å². The lowest BCUT2D eigenvalue weighted by molar-refractivity contribution is -0.121. The molecule has 1 aliphatic rings. The topological polar surface area (TPSA) is 93.4 Å². The first-order valence-corrected chi connectivity index (χ1v) is 13.3. The summed E-state index contributed by atoms with van der Waals surface area (Å²) in [6.07, 6.45) is 0.364. The summed E-state index contributed by atoms with van der Waals surface area (Å²) in [5.74, 6) is -1.69. The standard InChI is InChI=1S/C29H35Cl2FN2O3/c1-17-13-18(11-12-21(17)30)29(16-33)24(14-28(2,3)4)34-27(23(37)10-5-7-19(36)15-35)25(29)20-8-6-9-22(31)26(20)32/h6,8-9,11-13,19,24-25,27,34-36H,5,7,10,14-15H2,1-4H3/t19-,24-,25-,27-,29-/m0/s1. The van der Waals surface area contributed by atoms with Crippen LogP contribution in [-0.2, 0) is 10.2 Å². The van der Waals surface area contributed by atoms with Crippen molar-refractivity contribution in [3.05, 3.63) is 69.0 Å². The molecule has 5 nitrogen and oxygen atoms in total. The van der Waals surface area contributed by atoms with E-state index in [-0.39, 0.29) is 41.2 Å². The number of aliphatic hydroxyl groups is 2. The van der Waals surface area contributed by atoms with Gasteiger partial charge in [0.25, 0.3) is 0 Å². The molecule has 37 heavy (non-hydrogen) atoms. The van der Waals surface area contributed by atoms with Crippen molar-refractivity contribution in [2.24, 2.45) is 5.41 Å². The second kappa shape index (κ2) is 11.8. The summed E-state index contributed by atoms with van der Waals surface area (Å²) in [6, 6.07) is 11.2. The second-order valence-electron chi connectivity index (χ2n) is 11.2. The Kier molecular flexibility index (Phi) is 9.42. The van der Waals surface area contributed by atoms with E-state index in [1.165, 1.54) is 6.07 Å². The number of hydrogen-bond acceptors (Lipinski definition) is 5. The van der Waals surface area contributed by atoms with E-state index in [0.717, 1.165) is 5.56 Å². The predicted molar refractivity (Wildman–Crippen MR) is 144 cm³/mol. The highest BCUT2D eigenvalue weighted by Crippen LogP contribution is 2.52. The van der Waals surface area contributed by atoms with Gasteiger partial charge < -0.3 is 15.5 Å². The lowest BCUT2D eigenvalue weighted by atomic mass is 9.62. The number of aryl methyl sites for hydroxylation is 1. The summed E-state index contributed by atoms with van der Waals surface area (Å²) >= 11 is 12.5. The average molecular weight is 550 g/mol. The SMILES string of the molecule is Cc1cc([C@@]2(C#N)[C@H](CC(C)(C)C)N[C@@H](C(=O)CCC[C@H](O)CO)[C@@H]2c2cccc(Cl)c2F)ccc1Cl. The second-order valence-corrected chi connectivity index (χ2v) is 12.0. The quantitative estimate of drug-likeness (QED) is 0.365. The minimum Gasteiger partial charge on any atom is -0.394 e. The summed E-state index contributed by atoms with van der Waals surface area (Å²) in [4.78, 5) is 13.7. The van der Waals surface area contributed by atoms with E-state index in [9.17, 15) is 15.2 Å². The van der Waals surface area contributed by atoms with Crippen molar-refractivity contribution < 1.29 is 19.4 Å². The number of hydrogen-bond donors (Lipinski definition) is 3. The highest BCUT2D eigenvalue weighted by molar-refractivity contribution is 6.31. The largest absolute Gasteiger partial charge is 0.394 e. The Hall–Kier alpha value is -2.01. The van der Waals surface area contributed by atoms with Gasteiger partial charge in [-0.25, -0.2) is 4.39 Å². The molecule has 0 radical (unpaired) electrons. The number of rotatable bonds is 9. The molecule has 0 aromatic heterocycles. The van der Waals surface area contributed by atoms with Gasteiger partial charge in [0.05, 0.1) is 29.8 Å². The van der Waals surface area contributed by atoms with Gasteiger partial charge >= 0.3 is 0 Å². The molecule has 8 heteroatoms. The molecule has 1 fully saturated rings. The molecular weight excluding hydrogens is 514 g/mol. The Labute approximate surface area is 228 Å². The van der Waals surface area contributed by atoms with Crippen LogP contribution in [0.2, 0.25) is 10.0 Å². The lowest BCUT2D eigenvalue weighted by Crippen LogP contribution is -2.44. The molecule has 1 aliphatic heterocycles. The molecular formula is C29H35Cl2FN2O3. The van der Waals surface area contributed by atoms with Crippen LogP contribution in [0.15, 0.2) is 36.4 Å². The van der Waals surface area contributed by atoms with Gasteiger partial charge in [-0.05, 0) is 60.4 Å². The predicted octanol–water partition coefficient (Wildman–Crippen LogP) is 5.86. The van der Waals surface area contributed by atoms with Crippen molar-refractivity contribution in [3.8, 4) is 6.07 Å². The van der Waals surface area contributed by atoms with Crippen LogP contribution in [0.1, 0.15) is 69.1 Å². The van der Waals surface area contributed by atoms with E-state index in [4.69, 9.17) is 28.3 Å². The Morgan fingerprint density at radius 3 is 2.54 bits per heavy atom. The zero-order chi connectivity index (χ0) is 27.5. The molecule has 2 aromatic carbocycles. The number of halogens is 3. The van der Waals surface area contributed by atoms with Crippen LogP contribution < -0.4 is 5.32 Å². The monoisotopic (exact) mass is 548 g/mol. The van der Waals surface area contributed by atoms with Crippen LogP contribution in [0.4, 0.5) is 4.39 Å². The van der Waals surface area contributed by atoms with Gasteiger partial charge in [-0.3, -0.25) is 4.79 Å². The maximum atomic E-state index is 15.6. The van der Waals surface area contributed by atoms with Crippen molar-refractivity contribution in [2.75, 3.05) is 6.61 Å². The van der Waals surface area contributed by atoms with Gasteiger partial charge in [-0.2, -0.15) is 5.26 Å². The third-order valence-electron chi connectivity index (χ3n) is 7.23. The van der Waals surface area contributed by atoms with E-state index in [0.29, 0.717) is 23.4 Å². The number of ketones is 1. The molecule has 200 valence electrons. The molecule has 2 aromatic rings. The maximum Gasteiger partial charge on any atom is 0.150 e. The van der Waals surface area contributed by atoms with Gasteiger partial charge in [0.15, 0.2) is 0 Å². The summed E-state index contributed by atoms with van der Waals surface area (Å²) in [7, 11) is 0. The summed E-state index contributed by atoms with van der Waals surface area (Å²) in [5, 5.41) is 33.7. The molecule has 0 aliphatic carbocycles. The molecule has 0 amide bonds. The number of carbonyl (C=O) groups is 1. The number of aliphatic hydroxyl groups excluding tert-OH is 2. The van der Waals surface area contributed by atoms with Gasteiger partial charge in [0, 0.05) is 23.4 Å². The van der Waals surface area contributed by atoms with Crippen LogP contribution in [0.25, 0.3) is 0 Å². The zero-order valence-corrected chi connectivity index (χ0v) is 23.2. The molecule has 1 heterocycles. The van der Waals surface area contributed by atoms with Crippen molar-refractivity contribution in [1.82, 2.24) is 5.32 Å². The van der Waals surface area contributed by atoms with Gasteiger partial charge in [-0.15, -0.1) is 0 Å². The van der Waals surface area contributed by atoms with Crippen LogP contribution in [-0.4, -0.2) is 40.8 Å². The Balaban J connectivity index is 2.22. The summed E-state index contributed by atoms with van der Waals surface area (Å²) < 4.78 is 15.6. The number of nitriles is 1. The van der Waals surface area contributed by atoms with Crippen LogP contribution in [0.3, 0.4) is 0 Å². The third kappa shape index (κ3) is 6.19. The van der Waals surface area contributed by atoms with Gasteiger partial charge in [0.1, 0.15) is 17.0 Å². The first kappa shape index (κ1) is 29.5. The Morgan fingerprint density at radius 1 is 1.24 bits per heavy atom. The van der Waals surface area contributed by atoms with Crippen LogP contribution in [0.5, 0.6) is 0 Å². The Bertz CT molecular complexity index is 1180. The normalized spacial score (nSPS) is 24.6. The van der Waals surface area contributed by atoms with E-state index >= 15 is 4.39 Å². The smallest absolute Gasteiger partial charge is 0.150 e. The van der Waals surface area contributed by atoms with Crippen LogP contribution >= 0.6 is 23.2 Å². The van der Waals surface area contributed by atoms with E-state index < -0.39 is 35.3 Å². The molecule has 0 spiro atoms. The number of nitrogens with one attached hydrogen (secondary N) is 1. The van der Waals surface area contributed by atoms with E-state index in [1.807, 2.05) is 13.0 Å². The summed E-state index contributed by atoms with van der Waals surface area (Å²) in [5.41, 5.74) is 0.149. The fourth-order valence-electron chi connectivity index (χ4n) is 5.47. The maximum absolute atomic E-state index is 15.6. The fraction of sp³-hybridized carbons (Fsp3) is 0.517. The molecule has 1 saturated heterocycles. The fourth-order valence-corrected chi connectivity index (χ4v) is 5.77. The van der Waals surface area contributed by atoms with Crippen molar-refractivity contribution in [2.45, 2.75) is 82.9 Å².